The number of nitrogens with one attached hydrogen (secondary N) is 1. The molecular weight excluding hydrogens is 154 g/mol. The highest BCUT2D eigenvalue weighted by atomic mass is 16.2. The van der Waals surface area contributed by atoms with Gasteiger partial charge in [0.2, 0.25) is 5.91 Å². The van der Waals surface area contributed by atoms with Crippen molar-refractivity contribution in [2.24, 2.45) is 0 Å². The summed E-state index contributed by atoms with van der Waals surface area (Å²) in [5, 5.41) is 2.57. The maximum atomic E-state index is 10.9. The van der Waals surface area contributed by atoms with Crippen molar-refractivity contribution < 1.29 is 9.59 Å². The summed E-state index contributed by atoms with van der Waals surface area (Å²) in [6, 6.07) is 9.02. The zero-order valence-corrected chi connectivity index (χ0v) is 6.49. The van der Waals surface area contributed by atoms with E-state index in [0.29, 0.717) is 12.0 Å². The van der Waals surface area contributed by atoms with Crippen molar-refractivity contribution in [3.8, 4) is 0 Å². The highest BCUT2D eigenvalue weighted by molar-refractivity contribution is 5.97. The summed E-state index contributed by atoms with van der Waals surface area (Å²) in [5.41, 5.74) is 0.712. The van der Waals surface area contributed by atoms with Crippen LogP contribution in [0, 0.1) is 0 Å². The van der Waals surface area contributed by atoms with Crippen LogP contribution in [0.5, 0.6) is 0 Å². The lowest BCUT2D eigenvalue weighted by molar-refractivity contribution is -0.119. The van der Waals surface area contributed by atoms with Crippen LogP contribution in [0.3, 0.4) is 0 Å². The Balaban J connectivity index is 2.52. The van der Waals surface area contributed by atoms with Crippen molar-refractivity contribution in [1.29, 1.82) is 0 Å². The minimum absolute atomic E-state index is 0.0884. The van der Waals surface area contributed by atoms with E-state index in [1.807, 2.05) is 18.2 Å². The molecule has 0 unspecified atom stereocenters. The monoisotopic (exact) mass is 163 g/mol. The van der Waals surface area contributed by atoms with Crippen LogP contribution in [-0.4, -0.2) is 12.2 Å². The van der Waals surface area contributed by atoms with Gasteiger partial charge in [-0.1, -0.05) is 18.2 Å². The fourth-order valence-electron chi connectivity index (χ4n) is 0.809. The summed E-state index contributed by atoms with van der Waals surface area (Å²) in [6.45, 7) is 0. The number of amides is 1. The Kier molecular flexibility index (Phi) is 3.02. The molecule has 3 heteroatoms. The lowest BCUT2D eigenvalue weighted by atomic mass is 10.3. The van der Waals surface area contributed by atoms with Crippen LogP contribution < -0.4 is 5.32 Å². The van der Waals surface area contributed by atoms with Gasteiger partial charge in [-0.05, 0) is 12.1 Å². The largest absolute Gasteiger partial charge is 0.326 e. The van der Waals surface area contributed by atoms with E-state index in [1.165, 1.54) is 0 Å². The third kappa shape index (κ3) is 2.54. The second kappa shape index (κ2) is 4.28. The Morgan fingerprint density at radius 3 is 2.58 bits per heavy atom. The highest BCUT2D eigenvalue weighted by Crippen LogP contribution is 2.04. The van der Waals surface area contributed by atoms with Gasteiger partial charge in [0.05, 0.1) is 6.42 Å². The van der Waals surface area contributed by atoms with Crippen LogP contribution in [0.4, 0.5) is 5.69 Å². The van der Waals surface area contributed by atoms with E-state index in [4.69, 9.17) is 0 Å². The lowest BCUT2D eigenvalue weighted by Gasteiger charge is -2.00. The summed E-state index contributed by atoms with van der Waals surface area (Å²) in [4.78, 5) is 20.8. The molecule has 3 nitrogen and oxygen atoms in total. The van der Waals surface area contributed by atoms with Crippen molar-refractivity contribution in [3.05, 3.63) is 30.3 Å². The van der Waals surface area contributed by atoms with Crippen LogP contribution >= 0.6 is 0 Å². The predicted octanol–water partition coefficient (Wildman–Crippen LogP) is 1.21. The summed E-state index contributed by atoms with van der Waals surface area (Å²) >= 11 is 0. The zero-order valence-electron chi connectivity index (χ0n) is 6.49. The van der Waals surface area contributed by atoms with Crippen LogP contribution in [-0.2, 0) is 9.59 Å². The second-order valence-electron chi connectivity index (χ2n) is 2.28. The van der Waals surface area contributed by atoms with Crippen molar-refractivity contribution in [3.63, 3.8) is 0 Å². The molecule has 1 rings (SSSR count). The molecule has 0 fully saturated rings. The molecule has 1 N–H and O–H groups in total. The topological polar surface area (TPSA) is 46.2 Å². The number of rotatable bonds is 3. The molecule has 0 saturated carbocycles. The molecule has 0 bridgehead atoms. The molecular formula is C9H9NO2. The van der Waals surface area contributed by atoms with Gasteiger partial charge in [-0.2, -0.15) is 0 Å². The minimum atomic E-state index is -0.281. The number of anilines is 1. The minimum Gasteiger partial charge on any atom is -0.326 e. The van der Waals surface area contributed by atoms with E-state index in [2.05, 4.69) is 5.32 Å². The van der Waals surface area contributed by atoms with Gasteiger partial charge < -0.3 is 10.1 Å². The Morgan fingerprint density at radius 1 is 1.33 bits per heavy atom. The highest BCUT2D eigenvalue weighted by Gasteiger charge is 1.98. The molecule has 0 heterocycles. The number of aldehydes is 1. The van der Waals surface area contributed by atoms with Crippen molar-refractivity contribution >= 4 is 17.9 Å². The fourth-order valence-corrected chi connectivity index (χ4v) is 0.809. The number of hydrogen-bond acceptors (Lipinski definition) is 2. The Morgan fingerprint density at radius 2 is 2.00 bits per heavy atom. The van der Waals surface area contributed by atoms with Gasteiger partial charge in [-0.25, -0.2) is 0 Å². The van der Waals surface area contributed by atoms with Crippen molar-refractivity contribution in [1.82, 2.24) is 0 Å². The summed E-state index contributed by atoms with van der Waals surface area (Å²) in [7, 11) is 0. The first-order valence-electron chi connectivity index (χ1n) is 3.61. The zero-order chi connectivity index (χ0) is 8.81. The molecule has 0 spiro atoms. The average Bonchev–Trinajstić information content (AvgIpc) is 2.06. The number of hydrogen-bond donors (Lipinski definition) is 1. The van der Waals surface area contributed by atoms with Gasteiger partial charge in [0.15, 0.2) is 0 Å². The smallest absolute Gasteiger partial charge is 0.231 e. The first kappa shape index (κ1) is 8.46. The average molecular weight is 163 g/mol. The Hall–Kier alpha value is -1.64. The molecule has 1 aromatic rings. The van der Waals surface area contributed by atoms with Gasteiger partial charge in [0.1, 0.15) is 6.29 Å². The van der Waals surface area contributed by atoms with Gasteiger partial charge in [-0.15, -0.1) is 0 Å². The SMILES string of the molecule is O=CCC(=O)Nc1ccccc1. The van der Waals surface area contributed by atoms with Gasteiger partial charge in [0.25, 0.3) is 0 Å². The number of benzene rings is 1. The van der Waals surface area contributed by atoms with Gasteiger partial charge >= 0.3 is 0 Å². The number of carbonyl (C=O) groups is 2. The predicted molar refractivity (Wildman–Crippen MR) is 45.8 cm³/mol. The maximum Gasteiger partial charge on any atom is 0.231 e. The second-order valence-corrected chi connectivity index (χ2v) is 2.28. The van der Waals surface area contributed by atoms with Crippen LogP contribution in [0.2, 0.25) is 0 Å². The molecule has 0 aliphatic rings. The van der Waals surface area contributed by atoms with Gasteiger partial charge in [0, 0.05) is 5.69 Å². The third-order valence-corrected chi connectivity index (χ3v) is 1.33. The van der Waals surface area contributed by atoms with E-state index >= 15 is 0 Å². The van der Waals surface area contributed by atoms with E-state index in [9.17, 15) is 9.59 Å². The summed E-state index contributed by atoms with van der Waals surface area (Å²) in [5.74, 6) is -0.281. The van der Waals surface area contributed by atoms with Crippen molar-refractivity contribution in [2.45, 2.75) is 6.42 Å². The molecule has 0 atom stereocenters. The third-order valence-electron chi connectivity index (χ3n) is 1.33. The molecule has 0 radical (unpaired) electrons. The normalized spacial score (nSPS) is 9.00. The standard InChI is InChI=1S/C9H9NO2/c11-7-6-9(12)10-8-4-2-1-3-5-8/h1-5,7H,6H2,(H,10,12). The number of para-hydroxylation sites is 1. The summed E-state index contributed by atoms with van der Waals surface area (Å²) in [6.07, 6.45) is 0.493. The van der Waals surface area contributed by atoms with Crippen LogP contribution in [0.15, 0.2) is 30.3 Å². The lowest BCUT2D eigenvalue weighted by Crippen LogP contribution is -2.11. The van der Waals surface area contributed by atoms with E-state index in [-0.39, 0.29) is 12.3 Å². The Labute approximate surface area is 70.4 Å². The maximum absolute atomic E-state index is 10.9. The molecule has 12 heavy (non-hydrogen) atoms. The molecule has 62 valence electrons. The molecule has 0 saturated heterocycles. The summed E-state index contributed by atoms with van der Waals surface area (Å²) < 4.78 is 0. The number of carbonyl (C=O) groups excluding carboxylic acids is 2. The molecule has 0 aliphatic heterocycles. The van der Waals surface area contributed by atoms with E-state index in [1.54, 1.807) is 12.1 Å². The van der Waals surface area contributed by atoms with E-state index in [0.717, 1.165) is 0 Å². The van der Waals surface area contributed by atoms with Crippen LogP contribution in [0.25, 0.3) is 0 Å². The van der Waals surface area contributed by atoms with E-state index < -0.39 is 0 Å². The molecule has 0 aliphatic carbocycles. The first-order valence-corrected chi connectivity index (χ1v) is 3.61. The van der Waals surface area contributed by atoms with Crippen molar-refractivity contribution in [2.75, 3.05) is 5.32 Å². The molecule has 1 amide bonds. The quantitative estimate of drug-likeness (QED) is 0.537. The first-order chi connectivity index (χ1) is 5.83. The molecule has 0 aromatic heterocycles. The molecule has 1 aromatic carbocycles. The fraction of sp³-hybridized carbons (Fsp3) is 0.111. The van der Waals surface area contributed by atoms with Crippen LogP contribution in [0.1, 0.15) is 6.42 Å². The van der Waals surface area contributed by atoms with Gasteiger partial charge in [-0.3, -0.25) is 4.79 Å². The Bertz CT molecular complexity index is 269.